The van der Waals surface area contributed by atoms with Gasteiger partial charge in [-0.15, -0.1) is 6.58 Å². The fourth-order valence-electron chi connectivity index (χ4n) is 7.36. The van der Waals surface area contributed by atoms with Gasteiger partial charge < -0.3 is 84.3 Å². The van der Waals surface area contributed by atoms with Crippen molar-refractivity contribution >= 4 is 54.9 Å². The molecule has 2 amide bonds. The zero-order valence-corrected chi connectivity index (χ0v) is 37.7. The predicted octanol–water partition coefficient (Wildman–Crippen LogP) is -7.31. The Morgan fingerprint density at radius 3 is 1.51 bits per heavy atom. The maximum atomic E-state index is 12.9. The van der Waals surface area contributed by atoms with Crippen LogP contribution >= 0.6 is 0 Å². The number of nitrogens with one attached hydrogen (secondary N) is 2. The molecule has 10 unspecified atom stereocenters. The maximum Gasteiger partial charge on any atom is 0.397 e. The lowest BCUT2D eigenvalue weighted by Gasteiger charge is -2.50. The number of carboxylic acids is 2. The third-order valence-corrected chi connectivity index (χ3v) is 11.6. The summed E-state index contributed by atoms with van der Waals surface area (Å²) in [6.07, 6.45) is -37.5. The fourth-order valence-corrected chi connectivity index (χ4v) is 8.49. The highest BCUT2D eigenvalue weighted by Gasteiger charge is 2.58. The van der Waals surface area contributed by atoms with Crippen LogP contribution < -0.4 is 10.6 Å². The van der Waals surface area contributed by atoms with Crippen molar-refractivity contribution in [3.8, 4) is 0 Å². The second kappa shape index (κ2) is 23.3. The Bertz CT molecular complexity index is 2130. The zero-order chi connectivity index (χ0) is 51.4. The van der Waals surface area contributed by atoms with Gasteiger partial charge in [-0.2, -0.15) is 25.3 Å². The van der Waals surface area contributed by atoms with Crippen molar-refractivity contribution in [1.29, 1.82) is 0 Å². The number of rotatable bonds is 21. The Labute approximate surface area is 384 Å². The fraction of sp³-hybridized carbons (Fsp3) is 0.812. The Kier molecular flexibility index (Phi) is 19.6. The minimum absolute atomic E-state index is 0.266. The van der Waals surface area contributed by atoms with Gasteiger partial charge in [-0.3, -0.25) is 23.2 Å². The van der Waals surface area contributed by atoms with Crippen molar-refractivity contribution in [1.82, 2.24) is 10.6 Å². The van der Waals surface area contributed by atoms with Crippen molar-refractivity contribution in [2.24, 2.45) is 5.92 Å². The van der Waals surface area contributed by atoms with Gasteiger partial charge in [0.1, 0.15) is 67.0 Å². The van der Waals surface area contributed by atoms with E-state index in [1.807, 2.05) is 0 Å². The minimum atomic E-state index is -5.77. The topological polar surface area (TPSA) is 499 Å². The number of hydrogen-bond donors (Lipinski definition) is 12. The molecule has 0 bridgehead atoms. The van der Waals surface area contributed by atoms with E-state index in [1.165, 1.54) is 13.0 Å². The predicted molar refractivity (Wildman–Crippen MR) is 207 cm³/mol. The molecule has 4 rings (SSSR count). The molecule has 0 radical (unpaired) electrons. The highest BCUT2D eigenvalue weighted by Crippen LogP contribution is 2.37. The molecule has 20 atom stereocenters. The van der Waals surface area contributed by atoms with Crippen LogP contribution in [-0.4, -0.2) is 235 Å². The van der Waals surface area contributed by atoms with Crippen LogP contribution in [0.5, 0.6) is 0 Å². The standard InChI is InChI=1S/C32H50N2O31S3/c1-5-6-55-29-14(33-10(3)35)21(9(2)12(58-29)7-56-66(46,47)48)60-32-20(41)18(39)24(26(64-32)28(44)45)62-30-15(34-11(4)36)23(61-31-19(40)16(37)17(38)25(63-31)27(42)43)22(65-68(52,53)54)13(59-30)8-57-67(49,50)51/h5,9,12-26,29-32,37-41H,1,6-8H2,2-4H3,(H,33,35)(H,34,36)(H,42,43)(H,44,45)(H,46,47,48)(H,49,50,51)(H,52,53,54)/t9-,12?,13?,14?,15?,16?,17?,18+,19?,20?,21-,22-,23+,24+,25?,26?,29+,30-,31+,32+/m0/s1. The SMILES string of the molecule is C=CCO[C@@H]1OC(COS(=O)(=O)O)[C@H](C)[C@H](O[C@@H]2OC(C(=O)O)[C@H](O[C@@H]3OC(COS(=O)(=O)O)[C@H](OS(=O)(=O)O)[C@H](O[C@@H]4OC(C(=O)O)C(O)C(O)C4O)C3NC(C)=O)[C@H](O)C2O)C1NC(C)=O. The summed E-state index contributed by atoms with van der Waals surface area (Å²) in [5.41, 5.74) is 0. The molecule has 0 aromatic heterocycles. The van der Waals surface area contributed by atoms with E-state index in [-0.39, 0.29) is 6.61 Å². The third-order valence-electron chi connectivity index (χ3n) is 10.3. The molecule has 4 aliphatic heterocycles. The van der Waals surface area contributed by atoms with Crippen LogP contribution in [-0.2, 0) is 101 Å². The largest absolute Gasteiger partial charge is 0.479 e. The first-order chi connectivity index (χ1) is 31.3. The molecule has 0 aromatic carbocycles. The van der Waals surface area contributed by atoms with Crippen LogP contribution in [0.1, 0.15) is 20.8 Å². The van der Waals surface area contributed by atoms with Gasteiger partial charge in [-0.1, -0.05) is 13.0 Å². The average Bonchev–Trinajstić information content (AvgIpc) is 3.20. The third kappa shape index (κ3) is 15.1. The van der Waals surface area contributed by atoms with E-state index < -0.39 is 191 Å². The molecule has 36 heteroatoms. The summed E-state index contributed by atoms with van der Waals surface area (Å²) in [5, 5.41) is 78.9. The first kappa shape index (κ1) is 57.3. The maximum absolute atomic E-state index is 12.9. The summed E-state index contributed by atoms with van der Waals surface area (Å²) < 4.78 is 157. The molecule has 4 heterocycles. The number of hydrogen-bond acceptors (Lipinski definition) is 26. The summed E-state index contributed by atoms with van der Waals surface area (Å²) in [5.74, 6) is -7.03. The second-order valence-corrected chi connectivity index (χ2v) is 18.4. The quantitative estimate of drug-likeness (QED) is 0.0375. The smallest absolute Gasteiger partial charge is 0.397 e. The monoisotopic (exact) mass is 1050 g/mol. The van der Waals surface area contributed by atoms with Gasteiger partial charge in [0.05, 0.1) is 32.0 Å². The van der Waals surface area contributed by atoms with E-state index in [0.717, 1.165) is 13.8 Å². The second-order valence-electron chi connectivity index (χ2n) is 15.2. The lowest BCUT2D eigenvalue weighted by atomic mass is 9.88. The molecule has 392 valence electrons. The van der Waals surface area contributed by atoms with Gasteiger partial charge in [0.2, 0.25) is 11.8 Å². The summed E-state index contributed by atoms with van der Waals surface area (Å²) in [4.78, 5) is 49.8. The number of amides is 2. The first-order valence-electron chi connectivity index (χ1n) is 19.4. The number of carbonyl (C=O) groups is 4. The van der Waals surface area contributed by atoms with Crippen molar-refractivity contribution in [2.75, 3.05) is 19.8 Å². The molecule has 4 saturated heterocycles. The summed E-state index contributed by atoms with van der Waals surface area (Å²) in [6.45, 7) is 3.92. The lowest BCUT2D eigenvalue weighted by Crippen LogP contribution is -2.71. The zero-order valence-electron chi connectivity index (χ0n) is 35.2. The van der Waals surface area contributed by atoms with Gasteiger partial charge in [0.25, 0.3) is 0 Å². The number of carbonyl (C=O) groups excluding carboxylic acids is 2. The molecule has 0 aromatic rings. The summed E-state index contributed by atoms with van der Waals surface area (Å²) >= 11 is 0. The van der Waals surface area contributed by atoms with Gasteiger partial charge >= 0.3 is 43.1 Å². The van der Waals surface area contributed by atoms with Crippen molar-refractivity contribution in [3.05, 3.63) is 12.7 Å². The van der Waals surface area contributed by atoms with Gasteiger partial charge in [0, 0.05) is 19.8 Å². The molecule has 4 fully saturated rings. The van der Waals surface area contributed by atoms with Gasteiger partial charge in [0.15, 0.2) is 37.4 Å². The highest BCUT2D eigenvalue weighted by atomic mass is 32.3. The number of ether oxygens (including phenoxy) is 8. The Morgan fingerprint density at radius 1 is 0.574 bits per heavy atom. The van der Waals surface area contributed by atoms with Crippen molar-refractivity contribution in [2.45, 2.75) is 137 Å². The Hall–Kier alpha value is -3.29. The van der Waals surface area contributed by atoms with Crippen LogP contribution in [0.4, 0.5) is 0 Å². The highest BCUT2D eigenvalue weighted by molar-refractivity contribution is 7.81. The van der Waals surface area contributed by atoms with Crippen LogP contribution in [0.25, 0.3) is 0 Å². The molecule has 0 aliphatic carbocycles. The Balaban J connectivity index is 1.78. The molecule has 0 saturated carbocycles. The molecule has 33 nitrogen and oxygen atoms in total. The lowest BCUT2D eigenvalue weighted by molar-refractivity contribution is -0.366. The average molecular weight is 1050 g/mol. The summed E-state index contributed by atoms with van der Waals surface area (Å²) in [6, 6.07) is -3.67. The van der Waals surface area contributed by atoms with Crippen molar-refractivity contribution < 1.29 is 144 Å². The minimum Gasteiger partial charge on any atom is -0.479 e. The molecular weight excluding hydrogens is 1000 g/mol. The van der Waals surface area contributed by atoms with E-state index in [9.17, 15) is 93.8 Å². The van der Waals surface area contributed by atoms with Crippen LogP contribution in [0.3, 0.4) is 0 Å². The number of aliphatic hydroxyl groups is 5. The Morgan fingerprint density at radius 2 is 1.03 bits per heavy atom. The summed E-state index contributed by atoms with van der Waals surface area (Å²) in [7, 11) is -16.4. The van der Waals surface area contributed by atoms with E-state index in [4.69, 9.17) is 37.9 Å². The number of aliphatic hydroxyl groups excluding tert-OH is 5. The number of aliphatic carboxylic acids is 2. The van der Waals surface area contributed by atoms with E-state index >= 15 is 0 Å². The van der Waals surface area contributed by atoms with E-state index in [0.29, 0.717) is 0 Å². The molecule has 12 N–H and O–H groups in total. The van der Waals surface area contributed by atoms with Gasteiger partial charge in [-0.25, -0.2) is 22.1 Å². The van der Waals surface area contributed by atoms with Gasteiger partial charge in [-0.05, 0) is 0 Å². The molecule has 0 spiro atoms. The van der Waals surface area contributed by atoms with Crippen LogP contribution in [0.2, 0.25) is 0 Å². The van der Waals surface area contributed by atoms with Crippen molar-refractivity contribution in [3.63, 3.8) is 0 Å². The first-order valence-corrected chi connectivity index (χ1v) is 23.5. The van der Waals surface area contributed by atoms with Crippen LogP contribution in [0.15, 0.2) is 12.7 Å². The normalized spacial score (nSPS) is 39.3. The van der Waals surface area contributed by atoms with Crippen LogP contribution in [0, 0.1) is 5.92 Å². The van der Waals surface area contributed by atoms with E-state index in [1.54, 1.807) is 0 Å². The number of carboxylic acid groups (broad SMARTS) is 2. The van der Waals surface area contributed by atoms with E-state index in [2.05, 4.69) is 29.8 Å². The molecule has 68 heavy (non-hydrogen) atoms. The molecular formula is C32H50N2O31S3. The molecule has 4 aliphatic rings.